The Labute approximate surface area is 186 Å². The quantitative estimate of drug-likeness (QED) is 0.559. The van der Waals surface area contributed by atoms with E-state index in [1.54, 1.807) is 0 Å². The number of carbonyl (C=O) groups excluding carboxylic acids is 1. The van der Waals surface area contributed by atoms with E-state index in [-0.39, 0.29) is 5.91 Å². The molecule has 1 aliphatic rings. The Balaban J connectivity index is 1.25. The van der Waals surface area contributed by atoms with Crippen LogP contribution in [0.3, 0.4) is 0 Å². The molecule has 0 spiro atoms. The standard InChI is InChI=1S/C22H27ClN6O2/c1-3-29-19(14-16(2)26-29)22-25-24-20(31-22)8-9-21(30)28-12-10-27(11-13-28)15-17-4-6-18(23)7-5-17/h4-7,14H,3,8-13,15H2,1-2H3. The van der Waals surface area contributed by atoms with Gasteiger partial charge in [-0.1, -0.05) is 23.7 Å². The zero-order valence-electron chi connectivity index (χ0n) is 17.9. The van der Waals surface area contributed by atoms with E-state index in [9.17, 15) is 4.79 Å². The molecule has 1 amide bonds. The molecular weight excluding hydrogens is 416 g/mol. The van der Waals surface area contributed by atoms with Crippen molar-refractivity contribution in [2.24, 2.45) is 0 Å². The highest BCUT2D eigenvalue weighted by atomic mass is 35.5. The topological polar surface area (TPSA) is 80.3 Å². The van der Waals surface area contributed by atoms with E-state index in [2.05, 4.69) is 20.2 Å². The first kappa shape index (κ1) is 21.5. The molecule has 0 radical (unpaired) electrons. The summed E-state index contributed by atoms with van der Waals surface area (Å²) in [5, 5.41) is 13.4. The molecular formula is C22H27ClN6O2. The molecule has 1 aliphatic heterocycles. The minimum Gasteiger partial charge on any atom is -0.419 e. The van der Waals surface area contributed by atoms with Crippen molar-refractivity contribution in [2.75, 3.05) is 26.2 Å². The van der Waals surface area contributed by atoms with Gasteiger partial charge in [-0.25, -0.2) is 0 Å². The number of carbonyl (C=O) groups is 1. The molecule has 164 valence electrons. The van der Waals surface area contributed by atoms with Gasteiger partial charge in [0.05, 0.1) is 5.69 Å². The predicted octanol–water partition coefficient (Wildman–Crippen LogP) is 3.19. The smallest absolute Gasteiger partial charge is 0.265 e. The number of aromatic nitrogens is 4. The lowest BCUT2D eigenvalue weighted by Crippen LogP contribution is -2.48. The van der Waals surface area contributed by atoms with E-state index in [0.29, 0.717) is 24.6 Å². The summed E-state index contributed by atoms with van der Waals surface area (Å²) >= 11 is 5.95. The fraction of sp³-hybridized carbons (Fsp3) is 0.455. The predicted molar refractivity (Wildman–Crippen MR) is 118 cm³/mol. The number of aryl methyl sites for hydroxylation is 3. The molecule has 1 fully saturated rings. The van der Waals surface area contributed by atoms with E-state index in [1.165, 1.54) is 5.56 Å². The molecule has 0 N–H and O–H groups in total. The van der Waals surface area contributed by atoms with E-state index in [1.807, 2.05) is 53.8 Å². The van der Waals surface area contributed by atoms with Crippen molar-refractivity contribution in [3.05, 3.63) is 52.5 Å². The molecule has 8 nitrogen and oxygen atoms in total. The van der Waals surface area contributed by atoms with Gasteiger partial charge in [-0.05, 0) is 37.6 Å². The first-order chi connectivity index (χ1) is 15.0. The largest absolute Gasteiger partial charge is 0.419 e. The number of benzene rings is 1. The lowest BCUT2D eigenvalue weighted by molar-refractivity contribution is -0.133. The molecule has 1 aromatic carbocycles. The fourth-order valence-electron chi connectivity index (χ4n) is 3.79. The van der Waals surface area contributed by atoms with Crippen LogP contribution in [0.5, 0.6) is 0 Å². The minimum absolute atomic E-state index is 0.125. The SMILES string of the molecule is CCn1nc(C)cc1-c1nnc(CCC(=O)N2CCN(Cc3ccc(Cl)cc3)CC2)o1. The number of piperazine rings is 1. The van der Waals surface area contributed by atoms with Gasteiger partial charge < -0.3 is 9.32 Å². The molecule has 2 aromatic heterocycles. The lowest BCUT2D eigenvalue weighted by Gasteiger charge is -2.34. The Kier molecular flexibility index (Phi) is 6.67. The van der Waals surface area contributed by atoms with Crippen LogP contribution in [-0.4, -0.2) is 61.9 Å². The van der Waals surface area contributed by atoms with Crippen LogP contribution in [0.1, 0.15) is 30.5 Å². The highest BCUT2D eigenvalue weighted by Crippen LogP contribution is 2.20. The van der Waals surface area contributed by atoms with E-state index in [4.69, 9.17) is 16.0 Å². The van der Waals surface area contributed by atoms with E-state index >= 15 is 0 Å². The van der Waals surface area contributed by atoms with Gasteiger partial charge in [0.2, 0.25) is 11.8 Å². The van der Waals surface area contributed by atoms with Crippen LogP contribution >= 0.6 is 11.6 Å². The molecule has 0 bridgehead atoms. The molecule has 0 saturated carbocycles. The third-order valence-corrected chi connectivity index (χ3v) is 5.74. The normalized spacial score (nSPS) is 14.9. The van der Waals surface area contributed by atoms with Gasteiger partial charge in [0.1, 0.15) is 5.69 Å². The van der Waals surface area contributed by atoms with Crippen LogP contribution in [0.15, 0.2) is 34.7 Å². The number of hydrogen-bond acceptors (Lipinski definition) is 6. The summed E-state index contributed by atoms with van der Waals surface area (Å²) in [7, 11) is 0. The highest BCUT2D eigenvalue weighted by molar-refractivity contribution is 6.30. The first-order valence-corrected chi connectivity index (χ1v) is 11.0. The summed E-state index contributed by atoms with van der Waals surface area (Å²) in [6.45, 7) is 8.73. The van der Waals surface area contributed by atoms with Crippen LogP contribution in [0.25, 0.3) is 11.6 Å². The second kappa shape index (κ2) is 9.62. The maximum absolute atomic E-state index is 12.6. The Morgan fingerprint density at radius 1 is 1.13 bits per heavy atom. The zero-order chi connectivity index (χ0) is 21.8. The molecule has 0 unspecified atom stereocenters. The number of amides is 1. The lowest BCUT2D eigenvalue weighted by atomic mass is 10.2. The van der Waals surface area contributed by atoms with Gasteiger partial charge >= 0.3 is 0 Å². The van der Waals surface area contributed by atoms with Gasteiger partial charge in [-0.2, -0.15) is 5.10 Å². The molecule has 9 heteroatoms. The minimum atomic E-state index is 0.125. The van der Waals surface area contributed by atoms with Crippen LogP contribution < -0.4 is 0 Å². The monoisotopic (exact) mass is 442 g/mol. The summed E-state index contributed by atoms with van der Waals surface area (Å²) < 4.78 is 7.62. The highest BCUT2D eigenvalue weighted by Gasteiger charge is 2.22. The number of hydrogen-bond donors (Lipinski definition) is 0. The number of halogens is 1. The Hall–Kier alpha value is -2.71. The van der Waals surface area contributed by atoms with Gasteiger partial charge in [0, 0.05) is 57.1 Å². The third kappa shape index (κ3) is 5.32. The second-order valence-electron chi connectivity index (χ2n) is 7.77. The van der Waals surface area contributed by atoms with Crippen molar-refractivity contribution in [1.29, 1.82) is 0 Å². The van der Waals surface area contributed by atoms with Gasteiger partial charge in [0.15, 0.2) is 0 Å². The van der Waals surface area contributed by atoms with Gasteiger partial charge in [0.25, 0.3) is 5.89 Å². The van der Waals surface area contributed by atoms with Gasteiger partial charge in [-0.3, -0.25) is 14.4 Å². The average Bonchev–Trinajstić information content (AvgIpc) is 3.40. The molecule has 0 aliphatic carbocycles. The first-order valence-electron chi connectivity index (χ1n) is 10.6. The van der Waals surface area contributed by atoms with Crippen LogP contribution in [0.4, 0.5) is 0 Å². The van der Waals surface area contributed by atoms with Crippen molar-refractivity contribution in [2.45, 2.75) is 39.8 Å². The van der Waals surface area contributed by atoms with Crippen LogP contribution in [0, 0.1) is 6.92 Å². The van der Waals surface area contributed by atoms with E-state index < -0.39 is 0 Å². The van der Waals surface area contributed by atoms with Crippen molar-refractivity contribution in [1.82, 2.24) is 29.8 Å². The molecule has 3 heterocycles. The molecule has 3 aromatic rings. The van der Waals surface area contributed by atoms with Crippen molar-refractivity contribution < 1.29 is 9.21 Å². The summed E-state index contributed by atoms with van der Waals surface area (Å²) in [4.78, 5) is 16.9. The summed E-state index contributed by atoms with van der Waals surface area (Å²) in [6.07, 6.45) is 0.806. The second-order valence-corrected chi connectivity index (χ2v) is 8.21. The zero-order valence-corrected chi connectivity index (χ0v) is 18.7. The third-order valence-electron chi connectivity index (χ3n) is 5.48. The summed E-state index contributed by atoms with van der Waals surface area (Å²) in [5.74, 6) is 1.05. The van der Waals surface area contributed by atoms with Crippen LogP contribution in [-0.2, 0) is 24.3 Å². The van der Waals surface area contributed by atoms with Crippen LogP contribution in [0.2, 0.25) is 5.02 Å². The molecule has 4 rings (SSSR count). The maximum atomic E-state index is 12.6. The number of rotatable bonds is 7. The molecule has 1 saturated heterocycles. The molecule has 0 atom stereocenters. The maximum Gasteiger partial charge on any atom is 0.265 e. The summed E-state index contributed by atoms with van der Waals surface area (Å²) in [6, 6.07) is 9.85. The fourth-order valence-corrected chi connectivity index (χ4v) is 3.92. The average molecular weight is 443 g/mol. The molecule has 31 heavy (non-hydrogen) atoms. The van der Waals surface area contributed by atoms with E-state index in [0.717, 1.165) is 55.7 Å². The summed E-state index contributed by atoms with van der Waals surface area (Å²) in [5.41, 5.74) is 2.94. The Morgan fingerprint density at radius 2 is 1.87 bits per heavy atom. The van der Waals surface area contributed by atoms with Crippen molar-refractivity contribution >= 4 is 17.5 Å². The van der Waals surface area contributed by atoms with Gasteiger partial charge in [-0.15, -0.1) is 10.2 Å². The Bertz CT molecular complexity index is 1020. The van der Waals surface area contributed by atoms with Crippen molar-refractivity contribution in [3.63, 3.8) is 0 Å². The Morgan fingerprint density at radius 3 is 2.58 bits per heavy atom. The van der Waals surface area contributed by atoms with Crippen molar-refractivity contribution in [3.8, 4) is 11.6 Å². The number of nitrogens with zero attached hydrogens (tertiary/aromatic N) is 6.